The van der Waals surface area contributed by atoms with Crippen molar-refractivity contribution in [2.24, 2.45) is 5.92 Å². The summed E-state index contributed by atoms with van der Waals surface area (Å²) in [4.78, 5) is 17.2. The first-order valence-corrected chi connectivity index (χ1v) is 5.98. The normalized spacial score (nSPS) is 23.4. The van der Waals surface area contributed by atoms with Gasteiger partial charge in [-0.2, -0.15) is 5.26 Å². The van der Waals surface area contributed by atoms with Crippen molar-refractivity contribution in [2.75, 3.05) is 11.4 Å². The number of pyridine rings is 1. The minimum atomic E-state index is -0.851. The number of carboxylic acid groups (broad SMARTS) is 1. The number of aliphatic carboxylic acids is 1. The van der Waals surface area contributed by atoms with Crippen LogP contribution in [0.2, 0.25) is 0 Å². The minimum absolute atomic E-state index is 0.386. The van der Waals surface area contributed by atoms with E-state index in [1.165, 1.54) is 0 Å². The quantitative estimate of drug-likeness (QED) is 0.857. The SMILES string of the molecule is CC1CCN(c2ncccc2C#N)C(C(=O)O)C1. The number of anilines is 1. The molecule has 0 amide bonds. The molecule has 2 atom stereocenters. The standard InChI is InChI=1S/C13H15N3O2/c1-9-4-6-16(11(7-9)13(17)18)12-10(8-14)3-2-5-15-12/h2-3,5,9,11H,4,6-7H2,1H3,(H,17,18). The molecule has 0 radical (unpaired) electrons. The zero-order valence-electron chi connectivity index (χ0n) is 10.2. The third-order valence-electron chi connectivity index (χ3n) is 3.33. The molecule has 0 saturated carbocycles. The molecule has 94 valence electrons. The first-order valence-electron chi connectivity index (χ1n) is 5.98. The van der Waals surface area contributed by atoms with Gasteiger partial charge in [-0.15, -0.1) is 0 Å². The Morgan fingerprint density at radius 1 is 1.67 bits per heavy atom. The van der Waals surface area contributed by atoms with E-state index in [0.717, 1.165) is 6.42 Å². The monoisotopic (exact) mass is 245 g/mol. The molecule has 0 spiro atoms. The Labute approximate surface area is 106 Å². The Bertz CT molecular complexity index is 495. The second-order valence-corrected chi connectivity index (χ2v) is 4.66. The lowest BCUT2D eigenvalue weighted by Crippen LogP contribution is -2.47. The fraction of sp³-hybridized carbons (Fsp3) is 0.462. The highest BCUT2D eigenvalue weighted by Crippen LogP contribution is 2.28. The van der Waals surface area contributed by atoms with E-state index >= 15 is 0 Å². The number of carboxylic acids is 1. The summed E-state index contributed by atoms with van der Waals surface area (Å²) in [5, 5.41) is 18.4. The predicted molar refractivity (Wildman–Crippen MR) is 66.1 cm³/mol. The fourth-order valence-corrected chi connectivity index (χ4v) is 2.34. The molecule has 2 rings (SSSR count). The third-order valence-corrected chi connectivity index (χ3v) is 3.33. The lowest BCUT2D eigenvalue weighted by Gasteiger charge is -2.37. The maximum atomic E-state index is 11.3. The van der Waals surface area contributed by atoms with Crippen LogP contribution in [-0.4, -0.2) is 28.6 Å². The molecule has 1 saturated heterocycles. The zero-order valence-corrected chi connectivity index (χ0v) is 10.2. The molecule has 0 aliphatic carbocycles. The minimum Gasteiger partial charge on any atom is -0.480 e. The van der Waals surface area contributed by atoms with Gasteiger partial charge in [0.25, 0.3) is 0 Å². The van der Waals surface area contributed by atoms with Gasteiger partial charge in [0.05, 0.1) is 5.56 Å². The summed E-state index contributed by atoms with van der Waals surface area (Å²) in [5.74, 6) is 0.0204. The molecule has 1 aromatic rings. The van der Waals surface area contributed by atoms with Crippen LogP contribution in [0.15, 0.2) is 18.3 Å². The molecule has 5 nitrogen and oxygen atoms in total. The molecule has 0 aromatic carbocycles. The summed E-state index contributed by atoms with van der Waals surface area (Å²) < 4.78 is 0. The van der Waals surface area contributed by atoms with Crippen molar-refractivity contribution in [2.45, 2.75) is 25.8 Å². The summed E-state index contributed by atoms with van der Waals surface area (Å²) in [7, 11) is 0. The van der Waals surface area contributed by atoms with Crippen LogP contribution < -0.4 is 4.90 Å². The Morgan fingerprint density at radius 2 is 2.44 bits per heavy atom. The zero-order chi connectivity index (χ0) is 13.1. The van der Waals surface area contributed by atoms with E-state index in [-0.39, 0.29) is 0 Å². The number of carbonyl (C=O) groups is 1. The van der Waals surface area contributed by atoms with Crippen LogP contribution in [0.5, 0.6) is 0 Å². The number of hydrogen-bond donors (Lipinski definition) is 1. The smallest absolute Gasteiger partial charge is 0.326 e. The average Bonchev–Trinajstić information content (AvgIpc) is 2.38. The van der Waals surface area contributed by atoms with Crippen molar-refractivity contribution in [1.29, 1.82) is 5.26 Å². The fourth-order valence-electron chi connectivity index (χ4n) is 2.34. The Hall–Kier alpha value is -2.09. The molecular weight excluding hydrogens is 230 g/mol. The Kier molecular flexibility index (Phi) is 3.47. The van der Waals surface area contributed by atoms with Gasteiger partial charge in [-0.25, -0.2) is 9.78 Å². The lowest BCUT2D eigenvalue weighted by atomic mass is 9.92. The van der Waals surface area contributed by atoms with Crippen molar-refractivity contribution < 1.29 is 9.90 Å². The van der Waals surface area contributed by atoms with Crippen LogP contribution in [0.1, 0.15) is 25.3 Å². The van der Waals surface area contributed by atoms with Crippen molar-refractivity contribution >= 4 is 11.8 Å². The van der Waals surface area contributed by atoms with Gasteiger partial charge >= 0.3 is 5.97 Å². The van der Waals surface area contributed by atoms with Gasteiger partial charge in [-0.3, -0.25) is 0 Å². The van der Waals surface area contributed by atoms with Gasteiger partial charge in [-0.05, 0) is 30.9 Å². The van der Waals surface area contributed by atoms with Crippen LogP contribution in [0, 0.1) is 17.2 Å². The molecule has 1 aliphatic rings. The molecule has 1 aliphatic heterocycles. The van der Waals surface area contributed by atoms with E-state index in [2.05, 4.69) is 18.0 Å². The summed E-state index contributed by atoms with van der Waals surface area (Å²) in [6.07, 6.45) is 3.11. The number of hydrogen-bond acceptors (Lipinski definition) is 4. The molecular formula is C13H15N3O2. The van der Waals surface area contributed by atoms with Crippen LogP contribution >= 0.6 is 0 Å². The maximum absolute atomic E-state index is 11.3. The second-order valence-electron chi connectivity index (χ2n) is 4.66. The Morgan fingerprint density at radius 3 is 3.11 bits per heavy atom. The van der Waals surface area contributed by atoms with Crippen LogP contribution in [0.25, 0.3) is 0 Å². The summed E-state index contributed by atoms with van der Waals surface area (Å²) >= 11 is 0. The summed E-state index contributed by atoms with van der Waals surface area (Å²) in [6.45, 7) is 2.68. The molecule has 18 heavy (non-hydrogen) atoms. The third kappa shape index (κ3) is 2.28. The molecule has 1 N–H and O–H groups in total. The number of nitriles is 1. The highest BCUT2D eigenvalue weighted by atomic mass is 16.4. The first kappa shape index (κ1) is 12.4. The predicted octanol–water partition coefficient (Wildman–Crippen LogP) is 1.64. The van der Waals surface area contributed by atoms with Gasteiger partial charge in [-0.1, -0.05) is 6.92 Å². The molecule has 1 fully saturated rings. The molecule has 1 aromatic heterocycles. The largest absolute Gasteiger partial charge is 0.480 e. The van der Waals surface area contributed by atoms with Crippen LogP contribution in [0.4, 0.5) is 5.82 Å². The van der Waals surface area contributed by atoms with E-state index < -0.39 is 12.0 Å². The number of aromatic nitrogens is 1. The van der Waals surface area contributed by atoms with E-state index in [4.69, 9.17) is 5.26 Å². The molecule has 2 heterocycles. The summed E-state index contributed by atoms with van der Waals surface area (Å²) in [6, 6.07) is 4.83. The van der Waals surface area contributed by atoms with Gasteiger partial charge < -0.3 is 10.0 Å². The van der Waals surface area contributed by atoms with Crippen molar-refractivity contribution in [1.82, 2.24) is 4.98 Å². The van der Waals surface area contributed by atoms with E-state index in [0.29, 0.717) is 30.3 Å². The van der Waals surface area contributed by atoms with Gasteiger partial charge in [0.2, 0.25) is 0 Å². The molecule has 2 unspecified atom stereocenters. The van der Waals surface area contributed by atoms with E-state index in [1.807, 2.05) is 0 Å². The number of rotatable bonds is 2. The second kappa shape index (κ2) is 5.05. The topological polar surface area (TPSA) is 77.2 Å². The maximum Gasteiger partial charge on any atom is 0.326 e. The highest BCUT2D eigenvalue weighted by Gasteiger charge is 2.33. The average molecular weight is 245 g/mol. The first-order chi connectivity index (χ1) is 8.63. The van der Waals surface area contributed by atoms with Gasteiger partial charge in [0, 0.05) is 12.7 Å². The van der Waals surface area contributed by atoms with Crippen molar-refractivity contribution in [3.05, 3.63) is 23.9 Å². The molecule has 5 heteroatoms. The number of nitrogens with zero attached hydrogens (tertiary/aromatic N) is 3. The van der Waals surface area contributed by atoms with Gasteiger partial charge in [0.15, 0.2) is 0 Å². The summed E-state index contributed by atoms with van der Waals surface area (Å²) in [5.41, 5.74) is 0.429. The van der Waals surface area contributed by atoms with E-state index in [1.54, 1.807) is 23.2 Å². The Balaban J connectivity index is 2.36. The highest BCUT2D eigenvalue weighted by molar-refractivity contribution is 5.78. The van der Waals surface area contributed by atoms with E-state index in [9.17, 15) is 9.90 Å². The van der Waals surface area contributed by atoms with Crippen LogP contribution in [0.3, 0.4) is 0 Å². The van der Waals surface area contributed by atoms with Crippen molar-refractivity contribution in [3.8, 4) is 6.07 Å². The molecule has 0 bridgehead atoms. The number of piperidine rings is 1. The van der Waals surface area contributed by atoms with Gasteiger partial charge in [0.1, 0.15) is 17.9 Å². The van der Waals surface area contributed by atoms with Crippen molar-refractivity contribution in [3.63, 3.8) is 0 Å². The lowest BCUT2D eigenvalue weighted by molar-refractivity contribution is -0.139. The van der Waals surface area contributed by atoms with Crippen LogP contribution in [-0.2, 0) is 4.79 Å².